The van der Waals surface area contributed by atoms with Gasteiger partial charge >= 0.3 is 0 Å². The molecule has 0 spiro atoms. The number of aromatic nitrogens is 1. The number of hydrogen-bond acceptors (Lipinski definition) is 2. The van der Waals surface area contributed by atoms with Crippen molar-refractivity contribution in [2.75, 3.05) is 0 Å². The van der Waals surface area contributed by atoms with Gasteiger partial charge in [0.25, 0.3) is 0 Å². The molecule has 0 aliphatic carbocycles. The molecule has 136 valence electrons. The SMILES string of the molecule is CCCCCC(C)C(N)c1cc(-c2ccc(C)cc2)nc2ccccc12. The first kappa shape index (κ1) is 18.6. The van der Waals surface area contributed by atoms with Crippen LogP contribution in [0.3, 0.4) is 0 Å². The predicted octanol–water partition coefficient (Wildman–Crippen LogP) is 6.43. The summed E-state index contributed by atoms with van der Waals surface area (Å²) in [6, 6.07) is 19.2. The maximum Gasteiger partial charge on any atom is 0.0713 e. The third-order valence-electron chi connectivity index (χ3n) is 5.33. The molecule has 1 aromatic heterocycles. The molecule has 0 amide bonds. The Hall–Kier alpha value is -2.19. The van der Waals surface area contributed by atoms with E-state index in [1.54, 1.807) is 0 Å². The molecule has 2 heteroatoms. The van der Waals surface area contributed by atoms with Crippen molar-refractivity contribution in [2.45, 2.75) is 52.5 Å². The molecule has 1 heterocycles. The van der Waals surface area contributed by atoms with Gasteiger partial charge in [-0.3, -0.25) is 0 Å². The molecule has 3 rings (SSSR count). The Labute approximate surface area is 157 Å². The highest BCUT2D eigenvalue weighted by Crippen LogP contribution is 2.32. The van der Waals surface area contributed by atoms with E-state index >= 15 is 0 Å². The van der Waals surface area contributed by atoms with Crippen LogP contribution in [0.5, 0.6) is 0 Å². The molecule has 2 N–H and O–H groups in total. The number of benzene rings is 2. The first-order valence-corrected chi connectivity index (χ1v) is 9.82. The summed E-state index contributed by atoms with van der Waals surface area (Å²) in [5.74, 6) is 0.457. The summed E-state index contributed by atoms with van der Waals surface area (Å²) < 4.78 is 0. The largest absolute Gasteiger partial charge is 0.324 e. The number of nitrogens with two attached hydrogens (primary N) is 1. The Balaban J connectivity index is 2.01. The van der Waals surface area contributed by atoms with Gasteiger partial charge in [-0.05, 0) is 37.0 Å². The van der Waals surface area contributed by atoms with Crippen molar-refractivity contribution in [3.05, 3.63) is 65.7 Å². The van der Waals surface area contributed by atoms with Gasteiger partial charge in [0.05, 0.1) is 11.2 Å². The average Bonchev–Trinajstić information content (AvgIpc) is 2.67. The minimum Gasteiger partial charge on any atom is -0.324 e. The van der Waals surface area contributed by atoms with Crippen LogP contribution in [0.1, 0.15) is 56.7 Å². The Bertz CT molecular complexity index is 852. The zero-order valence-electron chi connectivity index (χ0n) is 16.2. The van der Waals surface area contributed by atoms with Crippen LogP contribution in [0.2, 0.25) is 0 Å². The van der Waals surface area contributed by atoms with E-state index in [9.17, 15) is 0 Å². The maximum absolute atomic E-state index is 6.73. The van der Waals surface area contributed by atoms with Crippen molar-refractivity contribution in [1.82, 2.24) is 4.98 Å². The molecule has 0 aliphatic heterocycles. The molecule has 0 fully saturated rings. The van der Waals surface area contributed by atoms with Crippen LogP contribution >= 0.6 is 0 Å². The molecule has 2 unspecified atom stereocenters. The molecule has 26 heavy (non-hydrogen) atoms. The van der Waals surface area contributed by atoms with E-state index in [0.717, 1.165) is 16.8 Å². The first-order chi connectivity index (χ1) is 12.6. The van der Waals surface area contributed by atoms with Crippen LogP contribution in [-0.2, 0) is 0 Å². The summed E-state index contributed by atoms with van der Waals surface area (Å²) >= 11 is 0. The van der Waals surface area contributed by atoms with Crippen molar-refractivity contribution < 1.29 is 0 Å². The quantitative estimate of drug-likeness (QED) is 0.501. The van der Waals surface area contributed by atoms with Gasteiger partial charge in [0, 0.05) is 17.0 Å². The third kappa shape index (κ3) is 4.13. The van der Waals surface area contributed by atoms with Gasteiger partial charge in [0.2, 0.25) is 0 Å². The van der Waals surface area contributed by atoms with Crippen LogP contribution in [0.4, 0.5) is 0 Å². The minimum absolute atomic E-state index is 0.0314. The van der Waals surface area contributed by atoms with Crippen LogP contribution in [-0.4, -0.2) is 4.98 Å². The van der Waals surface area contributed by atoms with Gasteiger partial charge in [0.15, 0.2) is 0 Å². The van der Waals surface area contributed by atoms with E-state index in [4.69, 9.17) is 10.7 Å². The summed E-state index contributed by atoms with van der Waals surface area (Å²) in [5, 5.41) is 1.18. The van der Waals surface area contributed by atoms with E-state index in [-0.39, 0.29) is 6.04 Å². The highest BCUT2D eigenvalue weighted by molar-refractivity contribution is 5.85. The van der Waals surface area contributed by atoms with Crippen molar-refractivity contribution in [3.63, 3.8) is 0 Å². The van der Waals surface area contributed by atoms with Crippen LogP contribution in [0, 0.1) is 12.8 Å². The second-order valence-electron chi connectivity index (χ2n) is 7.48. The second kappa shape index (κ2) is 8.46. The van der Waals surface area contributed by atoms with Crippen LogP contribution < -0.4 is 5.73 Å². The molecule has 2 atom stereocenters. The topological polar surface area (TPSA) is 38.9 Å². The molecular weight excluding hydrogens is 316 g/mol. The fourth-order valence-electron chi connectivity index (χ4n) is 3.55. The van der Waals surface area contributed by atoms with Gasteiger partial charge < -0.3 is 5.73 Å². The van der Waals surface area contributed by atoms with E-state index in [1.165, 1.54) is 42.2 Å². The van der Waals surface area contributed by atoms with E-state index in [1.807, 2.05) is 6.07 Å². The summed E-state index contributed by atoms with van der Waals surface area (Å²) in [7, 11) is 0. The predicted molar refractivity (Wildman–Crippen MR) is 112 cm³/mol. The second-order valence-corrected chi connectivity index (χ2v) is 7.48. The van der Waals surface area contributed by atoms with Crippen LogP contribution in [0.15, 0.2) is 54.6 Å². The standard InChI is InChI=1S/C24H30N2/c1-4-5-6-9-18(3)24(25)21-16-23(19-14-12-17(2)13-15-19)26-22-11-8-7-10-20(21)22/h7-8,10-16,18,24H,4-6,9,25H2,1-3H3. The molecule has 0 saturated carbocycles. The molecule has 0 radical (unpaired) electrons. The molecule has 0 aliphatic rings. The van der Waals surface area contributed by atoms with Crippen molar-refractivity contribution in [1.29, 1.82) is 0 Å². The lowest BCUT2D eigenvalue weighted by Gasteiger charge is -2.22. The number of pyridine rings is 1. The van der Waals surface area contributed by atoms with Gasteiger partial charge in [-0.2, -0.15) is 0 Å². The number of nitrogens with zero attached hydrogens (tertiary/aromatic N) is 1. The normalized spacial score (nSPS) is 13.7. The molecule has 2 aromatic carbocycles. The lowest BCUT2D eigenvalue weighted by molar-refractivity contribution is 0.420. The minimum atomic E-state index is 0.0314. The van der Waals surface area contributed by atoms with E-state index < -0.39 is 0 Å². The van der Waals surface area contributed by atoms with Gasteiger partial charge in [0.1, 0.15) is 0 Å². The smallest absolute Gasteiger partial charge is 0.0713 e. The fraction of sp³-hybridized carbons (Fsp3) is 0.375. The zero-order valence-corrected chi connectivity index (χ0v) is 16.2. The highest BCUT2D eigenvalue weighted by atomic mass is 14.7. The number of rotatable bonds is 7. The summed E-state index contributed by atoms with van der Waals surface area (Å²) in [5.41, 5.74) is 12.4. The molecule has 3 aromatic rings. The maximum atomic E-state index is 6.73. The lowest BCUT2D eigenvalue weighted by atomic mass is 9.88. The van der Waals surface area contributed by atoms with Gasteiger partial charge in [-0.25, -0.2) is 4.98 Å². The summed E-state index contributed by atoms with van der Waals surface area (Å²) in [4.78, 5) is 4.90. The summed E-state index contributed by atoms with van der Waals surface area (Å²) in [6.07, 6.45) is 4.95. The van der Waals surface area contributed by atoms with E-state index in [2.05, 4.69) is 69.3 Å². The van der Waals surface area contributed by atoms with Crippen molar-refractivity contribution >= 4 is 10.9 Å². The van der Waals surface area contributed by atoms with E-state index in [0.29, 0.717) is 5.92 Å². The Morgan fingerprint density at radius 1 is 1.00 bits per heavy atom. The molecule has 2 nitrogen and oxygen atoms in total. The fourth-order valence-corrected chi connectivity index (χ4v) is 3.55. The lowest BCUT2D eigenvalue weighted by Crippen LogP contribution is -2.20. The average molecular weight is 347 g/mol. The van der Waals surface area contributed by atoms with Gasteiger partial charge in [-0.1, -0.05) is 81.1 Å². The highest BCUT2D eigenvalue weighted by Gasteiger charge is 2.19. The first-order valence-electron chi connectivity index (χ1n) is 9.82. The number of fused-ring (bicyclic) bond motifs is 1. The van der Waals surface area contributed by atoms with Crippen molar-refractivity contribution in [2.24, 2.45) is 11.7 Å². The third-order valence-corrected chi connectivity index (χ3v) is 5.33. The molecule has 0 bridgehead atoms. The zero-order chi connectivity index (χ0) is 18.5. The Kier molecular flexibility index (Phi) is 6.05. The Morgan fingerprint density at radius 3 is 2.46 bits per heavy atom. The molecular formula is C24H30N2. The van der Waals surface area contributed by atoms with Crippen molar-refractivity contribution in [3.8, 4) is 11.3 Å². The number of aryl methyl sites for hydroxylation is 1. The number of hydrogen-bond donors (Lipinski definition) is 1. The number of unbranched alkanes of at least 4 members (excludes halogenated alkanes) is 2. The van der Waals surface area contributed by atoms with Gasteiger partial charge in [-0.15, -0.1) is 0 Å². The summed E-state index contributed by atoms with van der Waals surface area (Å²) in [6.45, 7) is 6.63. The monoisotopic (exact) mass is 346 g/mol. The number of para-hydroxylation sites is 1. The van der Waals surface area contributed by atoms with Crippen LogP contribution in [0.25, 0.3) is 22.2 Å². The molecule has 0 saturated heterocycles. The Morgan fingerprint density at radius 2 is 1.73 bits per heavy atom.